The van der Waals surface area contributed by atoms with Gasteiger partial charge in [-0.3, -0.25) is 19.1 Å². The molecule has 8 nitrogen and oxygen atoms in total. The molecule has 5 aromatic rings. The van der Waals surface area contributed by atoms with Crippen LogP contribution in [0.15, 0.2) is 97.6 Å². The van der Waals surface area contributed by atoms with E-state index in [1.807, 2.05) is 0 Å². The second-order valence-electron chi connectivity index (χ2n) is 8.21. The standard InChI is InChI=1S/C28H16N4O4/c33-25-19-5-1-3-7-21(19)31(27(35)17-9-13-29-14-10-17)23(25)24-26(34)20-6-2-4-8-22(20)32(24)28(36)18-11-15-30-16-12-18/h1-16H/p+2. The number of rotatable bonds is 3. The molecular formula is C28H18N4O4+2. The SMILES string of the molecule is O=C1C(c2c(O)c3ccccc3n2C(=O)c2ccncc2)=[N+](C(=O)c2cc[nH+]cc2)c2ccccc21. The summed E-state index contributed by atoms with van der Waals surface area (Å²) in [5.74, 6) is -1.67. The number of amides is 1. The molecule has 0 aliphatic carbocycles. The number of Topliss-reactive ketones (excluding diaryl/α,β-unsaturated/α-hetero) is 1. The average Bonchev–Trinajstić information content (AvgIpc) is 3.39. The zero-order chi connectivity index (χ0) is 24.8. The van der Waals surface area contributed by atoms with Crippen molar-refractivity contribution in [3.8, 4) is 5.75 Å². The molecule has 0 bridgehead atoms. The summed E-state index contributed by atoms with van der Waals surface area (Å²) in [4.78, 5) is 48.2. The highest BCUT2D eigenvalue weighted by Gasteiger charge is 2.47. The van der Waals surface area contributed by atoms with Crippen LogP contribution in [0.4, 0.5) is 5.69 Å². The van der Waals surface area contributed by atoms with Crippen LogP contribution in [0.3, 0.4) is 0 Å². The summed E-state index contributed by atoms with van der Waals surface area (Å²) in [6.07, 6.45) is 6.20. The Labute approximate surface area is 204 Å². The van der Waals surface area contributed by atoms with Gasteiger partial charge in [-0.05, 0) is 30.3 Å². The second-order valence-corrected chi connectivity index (χ2v) is 8.21. The molecule has 0 atom stereocenters. The molecule has 0 unspecified atom stereocenters. The van der Waals surface area contributed by atoms with E-state index in [1.54, 1.807) is 85.2 Å². The number of ketones is 1. The summed E-state index contributed by atoms with van der Waals surface area (Å²) in [5.41, 5.74) is 1.59. The van der Waals surface area contributed by atoms with Crippen molar-refractivity contribution in [2.75, 3.05) is 0 Å². The smallest absolute Gasteiger partial charge is 0.426 e. The van der Waals surface area contributed by atoms with Gasteiger partial charge in [0.05, 0.1) is 5.52 Å². The van der Waals surface area contributed by atoms with Gasteiger partial charge in [-0.1, -0.05) is 24.3 Å². The van der Waals surface area contributed by atoms with Crippen LogP contribution in [0.5, 0.6) is 5.75 Å². The fraction of sp³-hybridized carbons (Fsp3) is 0. The second kappa shape index (κ2) is 8.21. The lowest BCUT2D eigenvalue weighted by Gasteiger charge is -2.08. The Bertz CT molecular complexity index is 1740. The van der Waals surface area contributed by atoms with Crippen LogP contribution in [-0.4, -0.2) is 42.5 Å². The molecule has 0 saturated carbocycles. The quantitative estimate of drug-likeness (QED) is 0.404. The number of para-hydroxylation sites is 2. The van der Waals surface area contributed by atoms with E-state index in [0.717, 1.165) is 0 Å². The van der Waals surface area contributed by atoms with Gasteiger partial charge in [-0.2, -0.15) is 0 Å². The van der Waals surface area contributed by atoms with E-state index in [1.165, 1.54) is 21.5 Å². The summed E-state index contributed by atoms with van der Waals surface area (Å²) in [6.45, 7) is 0. The van der Waals surface area contributed by atoms with E-state index in [4.69, 9.17) is 0 Å². The molecule has 2 aromatic carbocycles. The average molecular weight is 474 g/mol. The van der Waals surface area contributed by atoms with Crippen LogP contribution in [0.25, 0.3) is 10.9 Å². The Morgan fingerprint density at radius 3 is 2.33 bits per heavy atom. The van der Waals surface area contributed by atoms with Gasteiger partial charge < -0.3 is 5.11 Å². The Morgan fingerprint density at radius 2 is 1.56 bits per heavy atom. The molecule has 8 heteroatoms. The van der Waals surface area contributed by atoms with Gasteiger partial charge in [-0.15, -0.1) is 4.58 Å². The maximum Gasteiger partial charge on any atom is 0.426 e. The highest BCUT2D eigenvalue weighted by Crippen LogP contribution is 2.38. The van der Waals surface area contributed by atoms with Gasteiger partial charge >= 0.3 is 5.91 Å². The number of carbonyl (C=O) groups is 3. The van der Waals surface area contributed by atoms with E-state index in [2.05, 4.69) is 9.97 Å². The Hall–Kier alpha value is -5.24. The number of benzene rings is 2. The monoisotopic (exact) mass is 474 g/mol. The molecule has 4 heterocycles. The Balaban J connectivity index is 1.71. The molecule has 2 N–H and O–H groups in total. The van der Waals surface area contributed by atoms with Crippen LogP contribution in [0.1, 0.15) is 36.8 Å². The number of fused-ring (bicyclic) bond motifs is 2. The highest BCUT2D eigenvalue weighted by atomic mass is 16.3. The number of hydrogen-bond acceptors (Lipinski definition) is 5. The Kier molecular flexibility index (Phi) is 4.86. The zero-order valence-electron chi connectivity index (χ0n) is 18.8. The van der Waals surface area contributed by atoms with Crippen molar-refractivity contribution >= 4 is 39.9 Å². The van der Waals surface area contributed by atoms with Crippen LogP contribution >= 0.6 is 0 Å². The van der Waals surface area contributed by atoms with Gasteiger partial charge in [0, 0.05) is 41.5 Å². The largest absolute Gasteiger partial charge is 0.505 e. The number of aromatic hydroxyl groups is 1. The van der Waals surface area contributed by atoms with Crippen molar-refractivity contribution in [3.05, 3.63) is 120 Å². The first-order valence-electron chi connectivity index (χ1n) is 11.2. The summed E-state index contributed by atoms with van der Waals surface area (Å²) in [7, 11) is 0. The third-order valence-electron chi connectivity index (χ3n) is 6.20. The van der Waals surface area contributed by atoms with Crippen LogP contribution < -0.4 is 4.98 Å². The minimum absolute atomic E-state index is 0.0462. The van der Waals surface area contributed by atoms with Crippen LogP contribution in [0.2, 0.25) is 0 Å². The number of carbonyl (C=O) groups excluding carboxylic acids is 3. The molecule has 1 aliphatic rings. The van der Waals surface area contributed by atoms with E-state index in [9.17, 15) is 19.5 Å². The van der Waals surface area contributed by atoms with E-state index in [0.29, 0.717) is 33.3 Å². The summed E-state index contributed by atoms with van der Waals surface area (Å²) < 4.78 is 2.56. The minimum atomic E-state index is -0.470. The predicted octanol–water partition coefficient (Wildman–Crippen LogP) is 3.41. The first-order chi connectivity index (χ1) is 17.6. The number of H-pyrrole nitrogens is 1. The molecule has 0 fully saturated rings. The lowest BCUT2D eigenvalue weighted by Crippen LogP contribution is -2.29. The first-order valence-corrected chi connectivity index (χ1v) is 11.2. The van der Waals surface area contributed by atoms with Crippen molar-refractivity contribution in [2.24, 2.45) is 0 Å². The normalized spacial score (nSPS) is 12.7. The number of nitrogens with one attached hydrogen (secondary N) is 1. The summed E-state index contributed by atoms with van der Waals surface area (Å²) in [6, 6.07) is 19.8. The van der Waals surface area contributed by atoms with Crippen LogP contribution in [-0.2, 0) is 0 Å². The lowest BCUT2D eigenvalue weighted by molar-refractivity contribution is -0.378. The highest BCUT2D eigenvalue weighted by molar-refractivity contribution is 6.53. The number of aromatic amines is 1. The van der Waals surface area contributed by atoms with Crippen molar-refractivity contribution in [3.63, 3.8) is 0 Å². The van der Waals surface area contributed by atoms with E-state index in [-0.39, 0.29) is 17.2 Å². The van der Waals surface area contributed by atoms with Gasteiger partial charge in [0.25, 0.3) is 17.4 Å². The lowest BCUT2D eigenvalue weighted by atomic mass is 10.1. The zero-order valence-corrected chi connectivity index (χ0v) is 18.8. The molecule has 0 saturated heterocycles. The van der Waals surface area contributed by atoms with Gasteiger partial charge in [0.15, 0.2) is 23.8 Å². The van der Waals surface area contributed by atoms with E-state index < -0.39 is 17.6 Å². The molecule has 1 aliphatic heterocycles. The van der Waals surface area contributed by atoms with Gasteiger partial charge in [0.2, 0.25) is 5.69 Å². The maximum atomic E-state index is 13.8. The minimum Gasteiger partial charge on any atom is -0.505 e. The van der Waals surface area contributed by atoms with E-state index >= 15 is 0 Å². The predicted molar refractivity (Wildman–Crippen MR) is 130 cm³/mol. The fourth-order valence-corrected chi connectivity index (χ4v) is 4.57. The van der Waals surface area contributed by atoms with Gasteiger partial charge in [-0.25, -0.2) is 9.78 Å². The molecular weight excluding hydrogens is 456 g/mol. The number of hydrogen-bond donors (Lipinski definition) is 1. The third-order valence-corrected chi connectivity index (χ3v) is 6.20. The molecule has 36 heavy (non-hydrogen) atoms. The molecule has 6 rings (SSSR count). The molecule has 3 aromatic heterocycles. The number of aromatic nitrogens is 3. The summed E-state index contributed by atoms with van der Waals surface area (Å²) >= 11 is 0. The number of nitrogens with zero attached hydrogens (tertiary/aromatic N) is 3. The Morgan fingerprint density at radius 1 is 0.861 bits per heavy atom. The van der Waals surface area contributed by atoms with Gasteiger partial charge in [0.1, 0.15) is 11.1 Å². The van der Waals surface area contributed by atoms with Crippen molar-refractivity contribution in [1.29, 1.82) is 0 Å². The summed E-state index contributed by atoms with van der Waals surface area (Å²) in [5, 5.41) is 11.8. The molecule has 172 valence electrons. The molecule has 0 radical (unpaired) electrons. The van der Waals surface area contributed by atoms with Crippen molar-refractivity contribution in [2.45, 2.75) is 0 Å². The topological polar surface area (TPSA) is 106 Å². The van der Waals surface area contributed by atoms with Crippen LogP contribution in [0, 0.1) is 0 Å². The molecule has 0 spiro atoms. The van der Waals surface area contributed by atoms with Crippen molar-refractivity contribution < 1.29 is 29.0 Å². The number of pyridine rings is 2. The molecule has 1 amide bonds. The third kappa shape index (κ3) is 3.08. The first kappa shape index (κ1) is 21.3. The fourth-order valence-electron chi connectivity index (χ4n) is 4.57. The maximum absolute atomic E-state index is 13.8. The van der Waals surface area contributed by atoms with Crippen molar-refractivity contribution in [1.82, 2.24) is 9.55 Å².